The zero-order valence-corrected chi connectivity index (χ0v) is 8.97. The van der Waals surface area contributed by atoms with Crippen molar-refractivity contribution in [3.05, 3.63) is 0 Å². The number of hydrogen-bond donors (Lipinski definition) is 3. The molecule has 0 unspecified atom stereocenters. The monoisotopic (exact) mass is 188 g/mol. The predicted octanol–water partition coefficient (Wildman–Crippen LogP) is 1.08. The van der Waals surface area contributed by atoms with Gasteiger partial charge >= 0.3 is 0 Å². The van der Waals surface area contributed by atoms with Gasteiger partial charge in [-0.1, -0.05) is 26.7 Å². The van der Waals surface area contributed by atoms with E-state index in [1.807, 2.05) is 0 Å². The third kappa shape index (κ3) is 8.22. The lowest BCUT2D eigenvalue weighted by atomic mass is 10.3. The van der Waals surface area contributed by atoms with Crippen molar-refractivity contribution in [2.45, 2.75) is 45.7 Å². The van der Waals surface area contributed by atoms with E-state index in [2.05, 4.69) is 24.5 Å². The summed E-state index contributed by atoms with van der Waals surface area (Å²) in [6, 6.07) is 0. The lowest BCUT2D eigenvalue weighted by Gasteiger charge is -2.17. The molecule has 0 aliphatic carbocycles. The molecule has 0 saturated carbocycles. The lowest BCUT2D eigenvalue weighted by Crippen LogP contribution is -2.45. The maximum atomic E-state index is 9.00. The third-order valence-electron chi connectivity index (χ3n) is 2.02. The second kappa shape index (κ2) is 9.96. The normalized spacial score (nSPS) is 11.1. The summed E-state index contributed by atoms with van der Waals surface area (Å²) in [5.74, 6) is 0. The smallest absolute Gasteiger partial charge is 0.0810 e. The van der Waals surface area contributed by atoms with Crippen LogP contribution in [-0.4, -0.2) is 31.0 Å². The Bertz CT molecular complexity index is 88.9. The van der Waals surface area contributed by atoms with Crippen LogP contribution < -0.4 is 10.6 Å². The molecule has 3 nitrogen and oxygen atoms in total. The van der Waals surface area contributed by atoms with E-state index in [0.29, 0.717) is 0 Å². The van der Waals surface area contributed by atoms with E-state index < -0.39 is 0 Å². The highest BCUT2D eigenvalue weighted by Gasteiger charge is 2.02. The van der Waals surface area contributed by atoms with E-state index in [0.717, 1.165) is 13.1 Å². The first-order valence-electron chi connectivity index (χ1n) is 5.42. The Hall–Kier alpha value is -0.120. The van der Waals surface area contributed by atoms with Gasteiger partial charge in [-0.05, 0) is 25.9 Å². The minimum atomic E-state index is 0.0816. The predicted molar refractivity (Wildman–Crippen MR) is 56.7 cm³/mol. The van der Waals surface area contributed by atoms with E-state index in [-0.39, 0.29) is 12.8 Å². The molecular formula is C10H24N2O. The summed E-state index contributed by atoms with van der Waals surface area (Å²) in [6.45, 7) is 6.48. The Morgan fingerprint density at radius 2 is 1.46 bits per heavy atom. The highest BCUT2D eigenvalue weighted by atomic mass is 16.3. The van der Waals surface area contributed by atoms with E-state index in [9.17, 15) is 0 Å². The van der Waals surface area contributed by atoms with Gasteiger partial charge in [-0.15, -0.1) is 0 Å². The van der Waals surface area contributed by atoms with Gasteiger partial charge in [0.2, 0.25) is 0 Å². The van der Waals surface area contributed by atoms with Crippen molar-refractivity contribution in [2.75, 3.05) is 19.7 Å². The number of unbranched alkanes of at least 4 members (excludes halogenated alkanes) is 2. The van der Waals surface area contributed by atoms with Gasteiger partial charge in [-0.2, -0.15) is 0 Å². The second-order valence-electron chi connectivity index (χ2n) is 3.35. The molecule has 0 bridgehead atoms. The molecule has 0 aliphatic rings. The van der Waals surface area contributed by atoms with Crippen molar-refractivity contribution in [1.29, 1.82) is 0 Å². The molecule has 0 saturated heterocycles. The minimum Gasteiger partial charge on any atom is -0.393 e. The molecule has 0 aromatic rings. The topological polar surface area (TPSA) is 44.3 Å². The van der Waals surface area contributed by atoms with Crippen LogP contribution in [0.15, 0.2) is 0 Å². The van der Waals surface area contributed by atoms with Gasteiger partial charge in [-0.3, -0.25) is 10.6 Å². The van der Waals surface area contributed by atoms with E-state index in [1.165, 1.54) is 25.7 Å². The average molecular weight is 188 g/mol. The molecule has 3 N–H and O–H groups in total. The Labute approximate surface area is 81.9 Å². The molecule has 13 heavy (non-hydrogen) atoms. The molecule has 0 amide bonds. The average Bonchev–Trinajstić information content (AvgIpc) is 2.16. The van der Waals surface area contributed by atoms with Crippen molar-refractivity contribution in [1.82, 2.24) is 10.6 Å². The van der Waals surface area contributed by atoms with Crippen LogP contribution in [0.5, 0.6) is 0 Å². The molecule has 0 aromatic heterocycles. The standard InChI is InChI=1S/C10H24N2O/c1-3-5-7-11-10(9-13)12-8-6-4-2/h10-13H,3-9H2,1-2H3. The first kappa shape index (κ1) is 12.9. The van der Waals surface area contributed by atoms with Crippen LogP contribution in [0.1, 0.15) is 39.5 Å². The van der Waals surface area contributed by atoms with Crippen LogP contribution in [0.3, 0.4) is 0 Å². The summed E-state index contributed by atoms with van der Waals surface area (Å²) < 4.78 is 0. The highest BCUT2D eigenvalue weighted by molar-refractivity contribution is 4.62. The van der Waals surface area contributed by atoms with Crippen molar-refractivity contribution in [2.24, 2.45) is 0 Å². The summed E-state index contributed by atoms with van der Waals surface area (Å²) in [7, 11) is 0. The summed E-state index contributed by atoms with van der Waals surface area (Å²) in [6.07, 6.45) is 4.82. The number of nitrogens with one attached hydrogen (secondary N) is 2. The van der Waals surface area contributed by atoms with Gasteiger partial charge < -0.3 is 5.11 Å². The SMILES string of the molecule is CCCCNC(CO)NCCCC. The van der Waals surface area contributed by atoms with Gasteiger partial charge in [0.15, 0.2) is 0 Å². The summed E-state index contributed by atoms with van der Waals surface area (Å²) >= 11 is 0. The first-order valence-corrected chi connectivity index (χ1v) is 5.42. The molecule has 80 valence electrons. The van der Waals surface area contributed by atoms with Gasteiger partial charge in [0.25, 0.3) is 0 Å². The first-order chi connectivity index (χ1) is 6.35. The maximum Gasteiger partial charge on any atom is 0.0810 e. The zero-order chi connectivity index (χ0) is 9.94. The molecule has 0 rings (SSSR count). The fraction of sp³-hybridized carbons (Fsp3) is 1.00. The van der Waals surface area contributed by atoms with Gasteiger partial charge in [0.1, 0.15) is 0 Å². The Morgan fingerprint density at radius 3 is 1.77 bits per heavy atom. The molecule has 0 heterocycles. The van der Waals surface area contributed by atoms with Crippen LogP contribution >= 0.6 is 0 Å². The molecule has 0 spiro atoms. The Kier molecular flexibility index (Phi) is 9.87. The quantitative estimate of drug-likeness (QED) is 0.375. The number of aliphatic hydroxyl groups excluding tert-OH is 1. The van der Waals surface area contributed by atoms with Crippen LogP contribution in [-0.2, 0) is 0 Å². The van der Waals surface area contributed by atoms with Crippen molar-refractivity contribution >= 4 is 0 Å². The van der Waals surface area contributed by atoms with E-state index >= 15 is 0 Å². The van der Waals surface area contributed by atoms with Crippen LogP contribution in [0, 0.1) is 0 Å². The molecule has 0 aromatic carbocycles. The van der Waals surface area contributed by atoms with Crippen LogP contribution in [0.4, 0.5) is 0 Å². The fourth-order valence-corrected chi connectivity index (χ4v) is 1.11. The Morgan fingerprint density at radius 1 is 1.00 bits per heavy atom. The largest absolute Gasteiger partial charge is 0.393 e. The maximum absolute atomic E-state index is 9.00. The number of hydrogen-bond acceptors (Lipinski definition) is 3. The zero-order valence-electron chi connectivity index (χ0n) is 8.97. The Balaban J connectivity index is 3.28. The summed E-state index contributed by atoms with van der Waals surface area (Å²) in [4.78, 5) is 0. The van der Waals surface area contributed by atoms with Crippen LogP contribution in [0.2, 0.25) is 0 Å². The molecule has 3 heteroatoms. The number of rotatable bonds is 9. The van der Waals surface area contributed by atoms with Crippen LogP contribution in [0.25, 0.3) is 0 Å². The molecule has 0 atom stereocenters. The van der Waals surface area contributed by atoms with Gasteiger partial charge in [0, 0.05) is 0 Å². The molecule has 0 fully saturated rings. The van der Waals surface area contributed by atoms with Crippen molar-refractivity contribution in [3.8, 4) is 0 Å². The van der Waals surface area contributed by atoms with E-state index in [1.54, 1.807) is 0 Å². The minimum absolute atomic E-state index is 0.0816. The fourth-order valence-electron chi connectivity index (χ4n) is 1.11. The molecule has 0 aliphatic heterocycles. The second-order valence-corrected chi connectivity index (χ2v) is 3.35. The number of aliphatic hydroxyl groups is 1. The lowest BCUT2D eigenvalue weighted by molar-refractivity contribution is 0.218. The molecule has 0 radical (unpaired) electrons. The molecular weight excluding hydrogens is 164 g/mol. The summed E-state index contributed by atoms with van der Waals surface area (Å²) in [5, 5.41) is 15.5. The van der Waals surface area contributed by atoms with Gasteiger partial charge in [0.05, 0.1) is 12.8 Å². The third-order valence-corrected chi connectivity index (χ3v) is 2.02. The highest BCUT2D eigenvalue weighted by Crippen LogP contribution is 1.87. The van der Waals surface area contributed by atoms with Crippen molar-refractivity contribution < 1.29 is 5.11 Å². The summed E-state index contributed by atoms with van der Waals surface area (Å²) in [5.41, 5.74) is 0. The van der Waals surface area contributed by atoms with Crippen molar-refractivity contribution in [3.63, 3.8) is 0 Å². The van der Waals surface area contributed by atoms with Gasteiger partial charge in [-0.25, -0.2) is 0 Å². The van der Waals surface area contributed by atoms with E-state index in [4.69, 9.17) is 5.11 Å².